The van der Waals surface area contributed by atoms with Gasteiger partial charge < -0.3 is 4.52 Å². The van der Waals surface area contributed by atoms with Crippen molar-refractivity contribution in [2.24, 2.45) is 5.92 Å². The SMILES string of the molecule is CCN1CCC(Cc2cc(-c3ccc(Cl)cc3)no2)CC1C(F)(F)F. The van der Waals surface area contributed by atoms with E-state index in [0.29, 0.717) is 36.0 Å². The van der Waals surface area contributed by atoms with E-state index in [1.165, 1.54) is 4.90 Å². The zero-order chi connectivity index (χ0) is 18.0. The Morgan fingerprint density at radius 3 is 2.64 bits per heavy atom. The molecule has 136 valence electrons. The van der Waals surface area contributed by atoms with E-state index in [0.717, 1.165) is 12.0 Å². The molecule has 1 fully saturated rings. The molecule has 2 unspecified atom stereocenters. The second-order valence-corrected chi connectivity index (χ2v) is 6.90. The molecule has 0 spiro atoms. The Hall–Kier alpha value is -1.53. The number of likely N-dealkylation sites (tertiary alicyclic amines) is 1. The van der Waals surface area contributed by atoms with Crippen LogP contribution in [0, 0.1) is 5.92 Å². The van der Waals surface area contributed by atoms with Crippen molar-refractivity contribution >= 4 is 11.6 Å². The van der Waals surface area contributed by atoms with Gasteiger partial charge in [-0.2, -0.15) is 13.2 Å². The van der Waals surface area contributed by atoms with Crippen LogP contribution in [0.15, 0.2) is 34.9 Å². The number of alkyl halides is 3. The van der Waals surface area contributed by atoms with Crippen molar-refractivity contribution < 1.29 is 17.7 Å². The predicted molar refractivity (Wildman–Crippen MR) is 90.5 cm³/mol. The average Bonchev–Trinajstić information content (AvgIpc) is 3.03. The molecular formula is C18H20ClF3N2O. The summed E-state index contributed by atoms with van der Waals surface area (Å²) in [5, 5.41) is 4.66. The molecule has 2 atom stereocenters. The minimum atomic E-state index is -4.19. The van der Waals surface area contributed by atoms with Crippen molar-refractivity contribution in [1.29, 1.82) is 0 Å². The molecular weight excluding hydrogens is 353 g/mol. The number of hydrogen-bond acceptors (Lipinski definition) is 3. The highest BCUT2D eigenvalue weighted by atomic mass is 35.5. The maximum Gasteiger partial charge on any atom is 0.404 e. The van der Waals surface area contributed by atoms with Crippen molar-refractivity contribution in [1.82, 2.24) is 10.1 Å². The molecule has 3 rings (SSSR count). The summed E-state index contributed by atoms with van der Waals surface area (Å²) in [5.41, 5.74) is 1.54. The maximum atomic E-state index is 13.3. The first-order chi connectivity index (χ1) is 11.9. The summed E-state index contributed by atoms with van der Waals surface area (Å²) in [6.45, 7) is 2.65. The molecule has 3 nitrogen and oxygen atoms in total. The zero-order valence-electron chi connectivity index (χ0n) is 13.9. The summed E-state index contributed by atoms with van der Waals surface area (Å²) in [5.74, 6) is 0.571. The lowest BCUT2D eigenvalue weighted by Crippen LogP contribution is -2.50. The first kappa shape index (κ1) is 18.3. The van der Waals surface area contributed by atoms with Crippen LogP contribution in [0.2, 0.25) is 5.02 Å². The van der Waals surface area contributed by atoms with Gasteiger partial charge in [0, 0.05) is 23.1 Å². The van der Waals surface area contributed by atoms with Gasteiger partial charge in [0.15, 0.2) is 0 Å². The van der Waals surface area contributed by atoms with Crippen LogP contribution in [0.3, 0.4) is 0 Å². The Balaban J connectivity index is 1.68. The summed E-state index contributed by atoms with van der Waals surface area (Å²) in [4.78, 5) is 1.51. The summed E-state index contributed by atoms with van der Waals surface area (Å²) < 4.78 is 45.1. The number of rotatable bonds is 4. The molecule has 0 aliphatic carbocycles. The lowest BCUT2D eigenvalue weighted by molar-refractivity contribution is -0.195. The molecule has 0 saturated carbocycles. The van der Waals surface area contributed by atoms with E-state index in [1.54, 1.807) is 25.1 Å². The number of nitrogens with zero attached hydrogens (tertiary/aromatic N) is 2. The summed E-state index contributed by atoms with van der Waals surface area (Å²) in [7, 11) is 0. The minimum absolute atomic E-state index is 0.0551. The zero-order valence-corrected chi connectivity index (χ0v) is 14.6. The second kappa shape index (κ2) is 7.38. The first-order valence-electron chi connectivity index (χ1n) is 8.39. The Morgan fingerprint density at radius 1 is 1.28 bits per heavy atom. The number of benzene rings is 1. The molecule has 1 saturated heterocycles. The monoisotopic (exact) mass is 372 g/mol. The van der Waals surface area contributed by atoms with Crippen molar-refractivity contribution in [2.75, 3.05) is 13.1 Å². The van der Waals surface area contributed by atoms with Crippen LogP contribution in [0.25, 0.3) is 11.3 Å². The van der Waals surface area contributed by atoms with Crippen LogP contribution in [-0.4, -0.2) is 35.4 Å². The average molecular weight is 373 g/mol. The van der Waals surface area contributed by atoms with Gasteiger partial charge in [-0.3, -0.25) is 4.90 Å². The molecule has 1 aromatic carbocycles. The van der Waals surface area contributed by atoms with E-state index >= 15 is 0 Å². The van der Waals surface area contributed by atoms with Crippen molar-refractivity contribution in [3.05, 3.63) is 41.1 Å². The van der Waals surface area contributed by atoms with E-state index < -0.39 is 12.2 Å². The molecule has 0 amide bonds. The lowest BCUT2D eigenvalue weighted by atomic mass is 9.87. The van der Waals surface area contributed by atoms with Gasteiger partial charge in [-0.25, -0.2) is 0 Å². The van der Waals surface area contributed by atoms with Gasteiger partial charge in [0.2, 0.25) is 0 Å². The van der Waals surface area contributed by atoms with Crippen LogP contribution in [0.5, 0.6) is 0 Å². The van der Waals surface area contributed by atoms with Gasteiger partial charge >= 0.3 is 6.18 Å². The van der Waals surface area contributed by atoms with Crippen molar-refractivity contribution in [2.45, 2.75) is 38.4 Å². The number of hydrogen-bond donors (Lipinski definition) is 0. The Labute approximate surface area is 149 Å². The number of halogens is 4. The molecule has 1 aliphatic rings. The van der Waals surface area contributed by atoms with Crippen LogP contribution in [0.1, 0.15) is 25.5 Å². The molecule has 0 N–H and O–H groups in total. The summed E-state index contributed by atoms with van der Waals surface area (Å²) in [6.07, 6.45) is -2.87. The molecule has 0 bridgehead atoms. The molecule has 2 aromatic rings. The quantitative estimate of drug-likeness (QED) is 0.738. The lowest BCUT2D eigenvalue weighted by Gasteiger charge is -2.39. The van der Waals surface area contributed by atoms with Gasteiger partial charge in [-0.05, 0) is 44.0 Å². The van der Waals surface area contributed by atoms with Gasteiger partial charge in [0.1, 0.15) is 17.5 Å². The number of piperidine rings is 1. The third kappa shape index (κ3) is 4.36. The second-order valence-electron chi connectivity index (χ2n) is 6.47. The molecule has 2 heterocycles. The van der Waals surface area contributed by atoms with E-state index in [-0.39, 0.29) is 12.3 Å². The molecule has 0 radical (unpaired) electrons. The smallest absolute Gasteiger partial charge is 0.361 e. The number of aromatic nitrogens is 1. The largest absolute Gasteiger partial charge is 0.404 e. The Morgan fingerprint density at radius 2 is 2.00 bits per heavy atom. The van der Waals surface area contributed by atoms with Crippen LogP contribution < -0.4 is 0 Å². The fourth-order valence-electron chi connectivity index (χ4n) is 3.44. The van der Waals surface area contributed by atoms with Crippen LogP contribution in [0.4, 0.5) is 13.2 Å². The molecule has 1 aliphatic heterocycles. The molecule has 1 aromatic heterocycles. The Kier molecular flexibility index (Phi) is 5.39. The maximum absolute atomic E-state index is 13.3. The van der Waals surface area contributed by atoms with Crippen molar-refractivity contribution in [3.63, 3.8) is 0 Å². The highest BCUT2D eigenvalue weighted by Crippen LogP contribution is 2.35. The first-order valence-corrected chi connectivity index (χ1v) is 8.77. The highest BCUT2D eigenvalue weighted by molar-refractivity contribution is 6.30. The van der Waals surface area contributed by atoms with Crippen LogP contribution in [-0.2, 0) is 6.42 Å². The van der Waals surface area contributed by atoms with E-state index in [9.17, 15) is 13.2 Å². The van der Waals surface area contributed by atoms with Gasteiger partial charge in [0.05, 0.1) is 0 Å². The molecule has 7 heteroatoms. The van der Waals surface area contributed by atoms with E-state index in [2.05, 4.69) is 5.16 Å². The topological polar surface area (TPSA) is 29.3 Å². The normalized spacial score (nSPS) is 22.3. The standard InChI is InChI=1S/C18H20ClF3N2O/c1-2-24-8-7-12(10-17(24)18(20,21)22)9-15-11-16(23-25-15)13-3-5-14(19)6-4-13/h3-6,11-12,17H,2,7-10H2,1H3. The van der Waals surface area contributed by atoms with E-state index in [1.807, 2.05) is 12.1 Å². The third-order valence-corrected chi connectivity index (χ3v) is 5.05. The van der Waals surface area contributed by atoms with E-state index in [4.69, 9.17) is 16.1 Å². The summed E-state index contributed by atoms with van der Waals surface area (Å²) >= 11 is 5.87. The van der Waals surface area contributed by atoms with Gasteiger partial charge in [-0.1, -0.05) is 35.8 Å². The van der Waals surface area contributed by atoms with Crippen molar-refractivity contribution in [3.8, 4) is 11.3 Å². The Bertz CT molecular complexity index is 699. The minimum Gasteiger partial charge on any atom is -0.361 e. The fourth-order valence-corrected chi connectivity index (χ4v) is 3.57. The third-order valence-electron chi connectivity index (χ3n) is 4.79. The van der Waals surface area contributed by atoms with Gasteiger partial charge in [0.25, 0.3) is 0 Å². The van der Waals surface area contributed by atoms with Gasteiger partial charge in [-0.15, -0.1) is 0 Å². The van der Waals surface area contributed by atoms with Crippen LogP contribution >= 0.6 is 11.6 Å². The molecule has 25 heavy (non-hydrogen) atoms. The fraction of sp³-hybridized carbons (Fsp3) is 0.500. The highest BCUT2D eigenvalue weighted by Gasteiger charge is 2.46. The summed E-state index contributed by atoms with van der Waals surface area (Å²) in [6, 6.07) is 7.64. The predicted octanol–water partition coefficient (Wildman–Crippen LogP) is 5.20.